The van der Waals surface area contributed by atoms with E-state index in [9.17, 15) is 14.0 Å². The first-order valence-corrected chi connectivity index (χ1v) is 10.7. The van der Waals surface area contributed by atoms with Crippen LogP contribution in [0.4, 0.5) is 10.1 Å². The van der Waals surface area contributed by atoms with Gasteiger partial charge in [0.05, 0.1) is 12.3 Å². The lowest BCUT2D eigenvalue weighted by atomic mass is 9.95. The first kappa shape index (κ1) is 23.4. The summed E-state index contributed by atoms with van der Waals surface area (Å²) < 4.78 is 25.0. The second-order valence-corrected chi connectivity index (χ2v) is 8.64. The maximum absolute atomic E-state index is 14.2. The van der Waals surface area contributed by atoms with E-state index in [0.29, 0.717) is 35.3 Å². The van der Waals surface area contributed by atoms with Gasteiger partial charge < -0.3 is 14.8 Å². The second kappa shape index (κ2) is 9.94. The van der Waals surface area contributed by atoms with Crippen molar-refractivity contribution in [2.45, 2.75) is 58.1 Å². The Labute approximate surface area is 187 Å². The molecule has 3 rings (SSSR count). The predicted octanol–water partition coefficient (Wildman–Crippen LogP) is 5.01. The number of nitrogens with one attached hydrogen (secondary N) is 1. The van der Waals surface area contributed by atoms with Gasteiger partial charge in [-0.05, 0) is 76.4 Å². The van der Waals surface area contributed by atoms with Gasteiger partial charge in [-0.1, -0.05) is 12.2 Å². The number of hydrogen-bond donors (Lipinski definition) is 1. The maximum Gasteiger partial charge on any atom is 0.328 e. The number of esters is 2. The van der Waals surface area contributed by atoms with E-state index in [1.54, 1.807) is 31.3 Å². The van der Waals surface area contributed by atoms with Crippen molar-refractivity contribution in [3.05, 3.63) is 60.2 Å². The molecule has 0 fully saturated rings. The van der Waals surface area contributed by atoms with E-state index in [2.05, 4.69) is 10.3 Å². The van der Waals surface area contributed by atoms with Crippen LogP contribution in [0.2, 0.25) is 0 Å². The Morgan fingerprint density at radius 1 is 1.12 bits per heavy atom. The highest BCUT2D eigenvalue weighted by Crippen LogP contribution is 2.33. The fraction of sp³-hybridized carbons (Fsp3) is 0.400. The molecular formula is C25H29FN2O4. The van der Waals surface area contributed by atoms with Gasteiger partial charge in [-0.15, -0.1) is 0 Å². The van der Waals surface area contributed by atoms with Crippen LogP contribution >= 0.6 is 0 Å². The van der Waals surface area contributed by atoms with Gasteiger partial charge >= 0.3 is 11.9 Å². The SMILES string of the molecule is CCOC(=O)C1C/C=C/CC(C(=O)OC(C)(C)C)c2cc(ccn2)-c2cc(F)ccc2N1. The average Bonchev–Trinajstić information content (AvgIpc) is 2.72. The largest absolute Gasteiger partial charge is 0.464 e. The highest BCUT2D eigenvalue weighted by molar-refractivity contribution is 5.85. The van der Waals surface area contributed by atoms with Crippen LogP contribution < -0.4 is 5.32 Å². The van der Waals surface area contributed by atoms with Gasteiger partial charge in [-0.25, -0.2) is 9.18 Å². The molecule has 2 unspecified atom stereocenters. The van der Waals surface area contributed by atoms with Gasteiger partial charge in [0.1, 0.15) is 23.4 Å². The zero-order valence-corrected chi connectivity index (χ0v) is 18.9. The van der Waals surface area contributed by atoms with E-state index in [1.807, 2.05) is 32.9 Å². The minimum Gasteiger partial charge on any atom is -0.464 e. The average molecular weight is 441 g/mol. The van der Waals surface area contributed by atoms with Crippen LogP contribution in [-0.4, -0.2) is 35.2 Å². The number of aromatic nitrogens is 1. The Morgan fingerprint density at radius 2 is 1.88 bits per heavy atom. The first-order chi connectivity index (χ1) is 15.2. The minimum atomic E-state index is -0.656. The number of rotatable bonds is 3. The van der Waals surface area contributed by atoms with Crippen LogP contribution in [0.3, 0.4) is 0 Å². The van der Waals surface area contributed by atoms with Crippen LogP contribution in [0.15, 0.2) is 48.7 Å². The number of hydrogen-bond acceptors (Lipinski definition) is 6. The summed E-state index contributed by atoms with van der Waals surface area (Å²) in [5, 5.41) is 3.20. The highest BCUT2D eigenvalue weighted by atomic mass is 19.1. The van der Waals surface area contributed by atoms with Crippen molar-refractivity contribution in [1.29, 1.82) is 0 Å². The van der Waals surface area contributed by atoms with Crippen LogP contribution in [0.1, 0.15) is 52.1 Å². The smallest absolute Gasteiger partial charge is 0.328 e. The Morgan fingerprint density at radius 3 is 2.59 bits per heavy atom. The Balaban J connectivity index is 2.09. The summed E-state index contributed by atoms with van der Waals surface area (Å²) in [4.78, 5) is 29.9. The number of carbonyl (C=O) groups is 2. The minimum absolute atomic E-state index is 0.255. The van der Waals surface area contributed by atoms with Crippen molar-refractivity contribution in [2.75, 3.05) is 11.9 Å². The number of ether oxygens (including phenoxy) is 2. The lowest BCUT2D eigenvalue weighted by molar-refractivity contribution is -0.156. The topological polar surface area (TPSA) is 77.5 Å². The number of carbonyl (C=O) groups excluding carboxylic acids is 2. The Hall–Kier alpha value is -3.22. The Bertz CT molecular complexity index is 1010. The Kier molecular flexibility index (Phi) is 7.28. The molecule has 0 aliphatic carbocycles. The van der Waals surface area contributed by atoms with Gasteiger partial charge in [-0.3, -0.25) is 9.78 Å². The molecule has 2 atom stereocenters. The monoisotopic (exact) mass is 440 g/mol. The number of anilines is 1. The van der Waals surface area contributed by atoms with Gasteiger partial charge in [0, 0.05) is 17.4 Å². The molecule has 1 aliphatic heterocycles. The molecule has 7 heteroatoms. The summed E-state index contributed by atoms with van der Waals surface area (Å²) in [5.41, 5.74) is 1.73. The number of allylic oxidation sites excluding steroid dienone is 1. The van der Waals surface area contributed by atoms with Crippen molar-refractivity contribution < 1.29 is 23.5 Å². The molecule has 1 aromatic heterocycles. The molecule has 32 heavy (non-hydrogen) atoms. The van der Waals surface area contributed by atoms with Crippen LogP contribution in [0.5, 0.6) is 0 Å². The van der Waals surface area contributed by atoms with Crippen molar-refractivity contribution >= 4 is 17.6 Å². The third kappa shape index (κ3) is 5.93. The van der Waals surface area contributed by atoms with Crippen molar-refractivity contribution in [3.8, 4) is 11.1 Å². The molecule has 1 aromatic carbocycles. The normalized spacial score (nSPS) is 19.4. The fourth-order valence-electron chi connectivity index (χ4n) is 3.51. The number of fused-ring (bicyclic) bond motifs is 4. The molecule has 170 valence electrons. The van der Waals surface area contributed by atoms with E-state index in [1.165, 1.54) is 12.1 Å². The van der Waals surface area contributed by atoms with Gasteiger partial charge in [-0.2, -0.15) is 0 Å². The maximum atomic E-state index is 14.2. The van der Waals surface area contributed by atoms with Crippen LogP contribution in [-0.2, 0) is 19.1 Å². The van der Waals surface area contributed by atoms with E-state index in [4.69, 9.17) is 9.47 Å². The second-order valence-electron chi connectivity index (χ2n) is 8.64. The molecule has 2 aromatic rings. The van der Waals surface area contributed by atoms with Gasteiger partial charge in [0.25, 0.3) is 0 Å². The summed E-state index contributed by atoms with van der Waals surface area (Å²) in [6.07, 6.45) is 5.98. The zero-order chi connectivity index (χ0) is 23.3. The summed E-state index contributed by atoms with van der Waals surface area (Å²) >= 11 is 0. The predicted molar refractivity (Wildman–Crippen MR) is 121 cm³/mol. The van der Waals surface area contributed by atoms with Crippen LogP contribution in [0.25, 0.3) is 11.1 Å². The van der Waals surface area contributed by atoms with E-state index < -0.39 is 29.3 Å². The zero-order valence-electron chi connectivity index (χ0n) is 18.9. The number of pyridine rings is 1. The molecule has 0 saturated heterocycles. The van der Waals surface area contributed by atoms with Gasteiger partial charge in [0.2, 0.25) is 0 Å². The summed E-state index contributed by atoms with van der Waals surface area (Å²) in [6, 6.07) is 7.18. The lowest BCUT2D eigenvalue weighted by Gasteiger charge is -2.24. The van der Waals surface area contributed by atoms with Crippen molar-refractivity contribution in [3.63, 3.8) is 0 Å². The third-order valence-corrected chi connectivity index (χ3v) is 4.93. The molecule has 1 N–H and O–H groups in total. The molecule has 0 amide bonds. The molecular weight excluding hydrogens is 411 g/mol. The quantitative estimate of drug-likeness (QED) is 0.534. The molecule has 2 heterocycles. The highest BCUT2D eigenvalue weighted by Gasteiger charge is 2.28. The third-order valence-electron chi connectivity index (χ3n) is 4.93. The number of nitrogens with zero attached hydrogens (tertiary/aromatic N) is 1. The first-order valence-electron chi connectivity index (χ1n) is 10.7. The lowest BCUT2D eigenvalue weighted by Crippen LogP contribution is -2.31. The van der Waals surface area contributed by atoms with E-state index >= 15 is 0 Å². The number of benzene rings is 1. The molecule has 0 radical (unpaired) electrons. The van der Waals surface area contributed by atoms with E-state index in [0.717, 1.165) is 0 Å². The molecule has 6 nitrogen and oxygen atoms in total. The van der Waals surface area contributed by atoms with Crippen molar-refractivity contribution in [1.82, 2.24) is 4.98 Å². The standard InChI is InChI=1S/C25H29FN2O4/c1-5-31-24(30)21-9-7-6-8-18(23(29)32-25(2,3)4)22-14-16(12-13-27-22)19-15-17(26)10-11-20(19)28-21/h6-7,10-15,18,21,28H,5,8-9H2,1-4H3/b7-6+. The summed E-state index contributed by atoms with van der Waals surface area (Å²) in [6.45, 7) is 7.44. The summed E-state index contributed by atoms with van der Waals surface area (Å²) in [5.74, 6) is -1.82. The molecule has 2 bridgehead atoms. The van der Waals surface area contributed by atoms with Crippen molar-refractivity contribution in [2.24, 2.45) is 0 Å². The van der Waals surface area contributed by atoms with Gasteiger partial charge in [0.15, 0.2) is 0 Å². The van der Waals surface area contributed by atoms with E-state index in [-0.39, 0.29) is 12.6 Å². The fourth-order valence-corrected chi connectivity index (χ4v) is 3.51. The molecule has 0 saturated carbocycles. The molecule has 0 spiro atoms. The number of halogens is 1. The molecule has 1 aliphatic rings. The summed E-state index contributed by atoms with van der Waals surface area (Å²) in [7, 11) is 0. The van der Waals surface area contributed by atoms with Crippen LogP contribution in [0, 0.1) is 5.82 Å².